The number of rotatable bonds is 9. The molecule has 7 heteroatoms. The van der Waals surface area contributed by atoms with Crippen LogP contribution in [0.1, 0.15) is 39.2 Å². The molecule has 1 aliphatic heterocycles. The van der Waals surface area contributed by atoms with Crippen molar-refractivity contribution in [3.05, 3.63) is 29.8 Å². The van der Waals surface area contributed by atoms with E-state index in [9.17, 15) is 5.11 Å². The van der Waals surface area contributed by atoms with Gasteiger partial charge in [0.15, 0.2) is 5.96 Å². The second kappa shape index (κ2) is 12.4. The molecule has 0 amide bonds. The Balaban J connectivity index is 0.00000364. The van der Waals surface area contributed by atoms with E-state index in [0.717, 1.165) is 49.8 Å². The summed E-state index contributed by atoms with van der Waals surface area (Å²) in [7, 11) is 0. The first-order valence-electron chi connectivity index (χ1n) is 9.53. The molecule has 1 atom stereocenters. The quantitative estimate of drug-likeness (QED) is 0.282. The zero-order valence-corrected chi connectivity index (χ0v) is 19.0. The number of halogens is 1. The summed E-state index contributed by atoms with van der Waals surface area (Å²) >= 11 is 0. The number of guanidine groups is 1. The van der Waals surface area contributed by atoms with Gasteiger partial charge in [-0.2, -0.15) is 0 Å². The number of hydrogen-bond donors (Lipinski definition) is 3. The Morgan fingerprint density at radius 3 is 2.81 bits per heavy atom. The van der Waals surface area contributed by atoms with Crippen LogP contribution in [0.3, 0.4) is 0 Å². The molecule has 3 N–H and O–H groups in total. The van der Waals surface area contributed by atoms with Gasteiger partial charge in [-0.05, 0) is 51.3 Å². The fourth-order valence-corrected chi connectivity index (χ4v) is 3.08. The van der Waals surface area contributed by atoms with Gasteiger partial charge in [-0.15, -0.1) is 24.0 Å². The summed E-state index contributed by atoms with van der Waals surface area (Å²) in [6, 6.07) is 8.05. The Hall–Kier alpha value is -1.06. The summed E-state index contributed by atoms with van der Waals surface area (Å²) in [5, 5.41) is 16.1. The molecule has 0 spiro atoms. The lowest BCUT2D eigenvalue weighted by Gasteiger charge is -2.27. The van der Waals surface area contributed by atoms with Crippen molar-refractivity contribution in [3.63, 3.8) is 0 Å². The fraction of sp³-hybridized carbons (Fsp3) is 0.650. The monoisotopic (exact) mass is 491 g/mol. The van der Waals surface area contributed by atoms with Crippen LogP contribution in [0.5, 0.6) is 5.75 Å². The van der Waals surface area contributed by atoms with Crippen molar-refractivity contribution in [1.29, 1.82) is 0 Å². The third-order valence-corrected chi connectivity index (χ3v) is 4.49. The smallest absolute Gasteiger partial charge is 0.191 e. The van der Waals surface area contributed by atoms with Crippen LogP contribution in [0, 0.1) is 5.41 Å². The van der Waals surface area contributed by atoms with E-state index in [1.54, 1.807) is 0 Å². The molecular formula is C20H34IN3O3. The maximum Gasteiger partial charge on any atom is 0.191 e. The van der Waals surface area contributed by atoms with Gasteiger partial charge in [0.05, 0.1) is 19.3 Å². The standard InChI is InChI=1S/C20H33N3O3.HI/c1-4-21-19(23-14-20(8-10-24)9-11-25-15-20)22-13-17-6-5-7-18(12-17)26-16(2)3;/h5-7,12,16,24H,4,8-11,13-15H2,1-3H3,(H2,21,22,23);1H. The summed E-state index contributed by atoms with van der Waals surface area (Å²) in [5.74, 6) is 1.66. The highest BCUT2D eigenvalue weighted by molar-refractivity contribution is 14.0. The highest BCUT2D eigenvalue weighted by Crippen LogP contribution is 2.31. The minimum Gasteiger partial charge on any atom is -0.491 e. The molecule has 1 aromatic rings. The minimum absolute atomic E-state index is 0. The Kier molecular flexibility index (Phi) is 11.0. The van der Waals surface area contributed by atoms with E-state index >= 15 is 0 Å². The van der Waals surface area contributed by atoms with Crippen molar-refractivity contribution >= 4 is 29.9 Å². The number of benzene rings is 1. The maximum atomic E-state index is 9.36. The van der Waals surface area contributed by atoms with Crippen LogP contribution in [0.4, 0.5) is 0 Å². The van der Waals surface area contributed by atoms with Gasteiger partial charge < -0.3 is 25.2 Å². The van der Waals surface area contributed by atoms with Crippen LogP contribution in [0.15, 0.2) is 29.3 Å². The molecule has 6 nitrogen and oxygen atoms in total. The lowest BCUT2D eigenvalue weighted by Crippen LogP contribution is -2.44. The molecular weight excluding hydrogens is 457 g/mol. The highest BCUT2D eigenvalue weighted by atomic mass is 127. The summed E-state index contributed by atoms with van der Waals surface area (Å²) in [5.41, 5.74) is 1.10. The zero-order valence-electron chi connectivity index (χ0n) is 16.7. The van der Waals surface area contributed by atoms with E-state index in [0.29, 0.717) is 13.2 Å². The van der Waals surface area contributed by atoms with Crippen LogP contribution in [0.2, 0.25) is 0 Å². The SMILES string of the molecule is CCNC(=NCc1cccc(OC(C)C)c1)NCC1(CCO)CCOC1.I. The van der Waals surface area contributed by atoms with Gasteiger partial charge in [-0.25, -0.2) is 4.99 Å². The number of hydrogen-bond acceptors (Lipinski definition) is 4. The first kappa shape index (κ1) is 24.0. The lowest BCUT2D eigenvalue weighted by atomic mass is 9.84. The molecule has 1 saturated heterocycles. The third-order valence-electron chi connectivity index (χ3n) is 4.49. The number of nitrogens with one attached hydrogen (secondary N) is 2. The predicted octanol–water partition coefficient (Wildman–Crippen LogP) is 2.94. The molecule has 27 heavy (non-hydrogen) atoms. The fourth-order valence-electron chi connectivity index (χ4n) is 3.08. The van der Waals surface area contributed by atoms with E-state index in [1.165, 1.54) is 0 Å². The van der Waals surface area contributed by atoms with Crippen molar-refractivity contribution in [1.82, 2.24) is 10.6 Å². The number of nitrogens with zero attached hydrogens (tertiary/aromatic N) is 1. The van der Waals surface area contributed by atoms with Crippen molar-refractivity contribution in [2.24, 2.45) is 10.4 Å². The predicted molar refractivity (Wildman–Crippen MR) is 120 cm³/mol. The van der Waals surface area contributed by atoms with E-state index in [4.69, 9.17) is 14.5 Å². The summed E-state index contributed by atoms with van der Waals surface area (Å²) in [6.45, 7) is 9.85. The largest absolute Gasteiger partial charge is 0.491 e. The summed E-state index contributed by atoms with van der Waals surface area (Å²) < 4.78 is 11.3. The van der Waals surface area contributed by atoms with E-state index < -0.39 is 0 Å². The van der Waals surface area contributed by atoms with Crippen LogP contribution < -0.4 is 15.4 Å². The number of aliphatic hydroxyl groups is 1. The molecule has 1 fully saturated rings. The third kappa shape index (κ3) is 8.23. The summed E-state index contributed by atoms with van der Waals surface area (Å²) in [4.78, 5) is 4.69. The normalized spacial score (nSPS) is 19.7. The molecule has 0 aromatic heterocycles. The molecule has 0 saturated carbocycles. The number of aliphatic imine (C=N–C) groups is 1. The Morgan fingerprint density at radius 2 is 2.19 bits per heavy atom. The Labute approximate surface area is 180 Å². The van der Waals surface area contributed by atoms with Gasteiger partial charge in [-0.1, -0.05) is 12.1 Å². The van der Waals surface area contributed by atoms with Crippen molar-refractivity contribution in [2.45, 2.75) is 46.3 Å². The molecule has 0 radical (unpaired) electrons. The summed E-state index contributed by atoms with van der Waals surface area (Å²) in [6.07, 6.45) is 1.87. The van der Waals surface area contributed by atoms with Crippen LogP contribution >= 0.6 is 24.0 Å². The average molecular weight is 491 g/mol. The second-order valence-electron chi connectivity index (χ2n) is 7.14. The van der Waals surface area contributed by atoms with Crippen LogP contribution in [-0.4, -0.2) is 50.1 Å². The first-order valence-corrected chi connectivity index (χ1v) is 9.53. The van der Waals surface area contributed by atoms with Gasteiger partial charge in [0, 0.05) is 31.7 Å². The molecule has 1 heterocycles. The van der Waals surface area contributed by atoms with Crippen LogP contribution in [0.25, 0.3) is 0 Å². The lowest BCUT2D eigenvalue weighted by molar-refractivity contribution is 0.127. The molecule has 1 unspecified atom stereocenters. The maximum absolute atomic E-state index is 9.36. The topological polar surface area (TPSA) is 75.1 Å². The molecule has 0 bridgehead atoms. The van der Waals surface area contributed by atoms with E-state index in [-0.39, 0.29) is 42.1 Å². The number of aliphatic hydroxyl groups excluding tert-OH is 1. The zero-order chi connectivity index (χ0) is 18.8. The highest BCUT2D eigenvalue weighted by Gasteiger charge is 2.34. The van der Waals surface area contributed by atoms with E-state index in [2.05, 4.69) is 23.6 Å². The first-order chi connectivity index (χ1) is 12.6. The van der Waals surface area contributed by atoms with Crippen LogP contribution in [-0.2, 0) is 11.3 Å². The molecule has 1 aliphatic rings. The molecule has 0 aliphatic carbocycles. The van der Waals surface area contributed by atoms with Gasteiger partial charge in [-0.3, -0.25) is 0 Å². The molecule has 2 rings (SSSR count). The Morgan fingerprint density at radius 1 is 1.37 bits per heavy atom. The van der Waals surface area contributed by atoms with Gasteiger partial charge in [0.1, 0.15) is 5.75 Å². The van der Waals surface area contributed by atoms with E-state index in [1.807, 2.05) is 32.0 Å². The van der Waals surface area contributed by atoms with Gasteiger partial charge >= 0.3 is 0 Å². The average Bonchev–Trinajstić information content (AvgIpc) is 3.06. The Bertz CT molecular complexity index is 575. The molecule has 1 aromatic carbocycles. The molecule has 154 valence electrons. The minimum atomic E-state index is -0.00401. The van der Waals surface area contributed by atoms with Crippen molar-refractivity contribution < 1.29 is 14.6 Å². The number of ether oxygens (including phenoxy) is 2. The second-order valence-corrected chi connectivity index (χ2v) is 7.14. The van der Waals surface area contributed by atoms with Crippen molar-refractivity contribution in [2.75, 3.05) is 32.9 Å². The van der Waals surface area contributed by atoms with Gasteiger partial charge in [0.2, 0.25) is 0 Å². The van der Waals surface area contributed by atoms with Gasteiger partial charge in [0.25, 0.3) is 0 Å². The van der Waals surface area contributed by atoms with Crippen molar-refractivity contribution in [3.8, 4) is 5.75 Å².